The van der Waals surface area contributed by atoms with E-state index < -0.39 is 0 Å². The van der Waals surface area contributed by atoms with Crippen LogP contribution in [0.25, 0.3) is 0 Å². The molecule has 0 spiro atoms. The number of rotatable bonds is 4. The molecule has 5 nitrogen and oxygen atoms in total. The molecule has 1 amide bonds. The Morgan fingerprint density at radius 3 is 2.67 bits per heavy atom. The predicted octanol–water partition coefficient (Wildman–Crippen LogP) is 1.74. The van der Waals surface area contributed by atoms with Crippen molar-refractivity contribution in [3.8, 4) is 5.75 Å². The Morgan fingerprint density at radius 1 is 1.38 bits per heavy atom. The third kappa shape index (κ3) is 5.53. The molecule has 1 fully saturated rings. The van der Waals surface area contributed by atoms with Crippen molar-refractivity contribution >= 4 is 24.0 Å². The summed E-state index contributed by atoms with van der Waals surface area (Å²) in [4.78, 5) is 14.3. The molecule has 0 aromatic heterocycles. The minimum atomic E-state index is 0. The second-order valence-electron chi connectivity index (χ2n) is 5.44. The molecule has 1 aliphatic rings. The van der Waals surface area contributed by atoms with E-state index >= 15 is 0 Å². The zero-order valence-corrected chi connectivity index (χ0v) is 13.6. The molecule has 0 saturated carbocycles. The summed E-state index contributed by atoms with van der Waals surface area (Å²) >= 11 is 0. The first-order valence-corrected chi connectivity index (χ1v) is 6.99. The molecule has 21 heavy (non-hydrogen) atoms. The van der Waals surface area contributed by atoms with E-state index in [2.05, 4.69) is 29.4 Å². The monoisotopic (exact) mass is 313 g/mol. The smallest absolute Gasteiger partial charge is 0.238 e. The lowest BCUT2D eigenvalue weighted by molar-refractivity contribution is -0.117. The minimum Gasteiger partial charge on any atom is -0.497 e. The summed E-state index contributed by atoms with van der Waals surface area (Å²) in [5.41, 5.74) is 0.769. The van der Waals surface area contributed by atoms with Gasteiger partial charge in [-0.25, -0.2) is 0 Å². The van der Waals surface area contributed by atoms with Gasteiger partial charge in [0, 0.05) is 36.9 Å². The number of hydrogen-bond donors (Lipinski definition) is 2. The van der Waals surface area contributed by atoms with E-state index in [4.69, 9.17) is 4.74 Å². The molecule has 2 rings (SSSR count). The highest BCUT2D eigenvalue weighted by molar-refractivity contribution is 5.92. The summed E-state index contributed by atoms with van der Waals surface area (Å²) in [6.45, 7) is 6.50. The number of benzene rings is 1. The van der Waals surface area contributed by atoms with Gasteiger partial charge in [-0.1, -0.05) is 6.07 Å². The number of anilines is 1. The van der Waals surface area contributed by atoms with E-state index in [0.717, 1.165) is 24.5 Å². The van der Waals surface area contributed by atoms with E-state index in [-0.39, 0.29) is 18.3 Å². The standard InChI is InChI=1S/C15H23N3O2.ClH/c1-11-8-18(9-12(2)16-11)10-15(19)17-13-5-4-6-14(7-13)20-3;/h4-7,11-12,16H,8-10H2,1-3H3,(H,17,19);1H. The lowest BCUT2D eigenvalue weighted by Crippen LogP contribution is -2.55. The highest BCUT2D eigenvalue weighted by Crippen LogP contribution is 2.16. The van der Waals surface area contributed by atoms with Gasteiger partial charge in [0.25, 0.3) is 0 Å². The van der Waals surface area contributed by atoms with Crippen molar-refractivity contribution < 1.29 is 9.53 Å². The number of nitrogens with one attached hydrogen (secondary N) is 2. The molecule has 1 saturated heterocycles. The molecule has 0 bridgehead atoms. The molecule has 1 aromatic rings. The average molecular weight is 314 g/mol. The highest BCUT2D eigenvalue weighted by atomic mass is 35.5. The molecule has 2 N–H and O–H groups in total. The maximum atomic E-state index is 12.1. The average Bonchev–Trinajstić information content (AvgIpc) is 2.37. The van der Waals surface area contributed by atoms with Crippen molar-refractivity contribution in [2.24, 2.45) is 0 Å². The van der Waals surface area contributed by atoms with Gasteiger partial charge in [-0.3, -0.25) is 9.69 Å². The van der Waals surface area contributed by atoms with E-state index in [0.29, 0.717) is 18.6 Å². The fourth-order valence-corrected chi connectivity index (χ4v) is 2.67. The van der Waals surface area contributed by atoms with Crippen molar-refractivity contribution in [2.45, 2.75) is 25.9 Å². The van der Waals surface area contributed by atoms with E-state index in [1.807, 2.05) is 24.3 Å². The molecular weight excluding hydrogens is 290 g/mol. The molecule has 1 heterocycles. The van der Waals surface area contributed by atoms with Crippen molar-refractivity contribution in [3.63, 3.8) is 0 Å². The molecule has 0 radical (unpaired) electrons. The topological polar surface area (TPSA) is 53.6 Å². The molecule has 0 aliphatic carbocycles. The number of ether oxygens (including phenoxy) is 1. The Morgan fingerprint density at radius 2 is 2.05 bits per heavy atom. The summed E-state index contributed by atoms with van der Waals surface area (Å²) < 4.78 is 5.14. The number of halogens is 1. The van der Waals surface area contributed by atoms with Gasteiger partial charge in [-0.15, -0.1) is 12.4 Å². The molecule has 2 unspecified atom stereocenters. The number of carbonyl (C=O) groups excluding carboxylic acids is 1. The molecule has 1 aliphatic heterocycles. The zero-order valence-electron chi connectivity index (χ0n) is 12.8. The molecule has 6 heteroatoms. The van der Waals surface area contributed by atoms with E-state index in [9.17, 15) is 4.79 Å². The van der Waals surface area contributed by atoms with Crippen LogP contribution in [-0.2, 0) is 4.79 Å². The van der Waals surface area contributed by atoms with Crippen LogP contribution in [0.1, 0.15) is 13.8 Å². The van der Waals surface area contributed by atoms with Crippen LogP contribution in [0.4, 0.5) is 5.69 Å². The van der Waals surface area contributed by atoms with Crippen molar-refractivity contribution in [1.29, 1.82) is 0 Å². The number of hydrogen-bond acceptors (Lipinski definition) is 4. The normalized spacial score (nSPS) is 22.2. The van der Waals surface area contributed by atoms with Crippen LogP contribution in [0.5, 0.6) is 5.75 Å². The molecule has 1 aromatic carbocycles. The number of nitrogens with zero attached hydrogens (tertiary/aromatic N) is 1. The third-order valence-corrected chi connectivity index (χ3v) is 3.35. The molecular formula is C15H24ClN3O2. The zero-order chi connectivity index (χ0) is 14.5. The van der Waals surface area contributed by atoms with E-state index in [1.165, 1.54) is 0 Å². The lowest BCUT2D eigenvalue weighted by Gasteiger charge is -2.35. The Bertz CT molecular complexity index is 460. The fourth-order valence-electron chi connectivity index (χ4n) is 2.67. The van der Waals surface area contributed by atoms with Gasteiger partial charge < -0.3 is 15.4 Å². The van der Waals surface area contributed by atoms with Crippen LogP contribution in [0.2, 0.25) is 0 Å². The van der Waals surface area contributed by atoms with Gasteiger partial charge in [-0.2, -0.15) is 0 Å². The van der Waals surface area contributed by atoms with Crippen LogP contribution in [0.15, 0.2) is 24.3 Å². The van der Waals surface area contributed by atoms with Gasteiger partial charge in [0.15, 0.2) is 0 Å². The molecule has 2 atom stereocenters. The van der Waals surface area contributed by atoms with E-state index in [1.54, 1.807) is 7.11 Å². The second-order valence-corrected chi connectivity index (χ2v) is 5.44. The van der Waals surface area contributed by atoms with Crippen molar-refractivity contribution in [3.05, 3.63) is 24.3 Å². The van der Waals surface area contributed by atoms with Crippen LogP contribution in [0, 0.1) is 0 Å². The van der Waals surface area contributed by atoms with Crippen molar-refractivity contribution in [2.75, 3.05) is 32.1 Å². The first kappa shape index (κ1) is 17.8. The Labute approximate surface area is 132 Å². The Balaban J connectivity index is 0.00000220. The number of methoxy groups -OCH3 is 1. The quantitative estimate of drug-likeness (QED) is 0.889. The van der Waals surface area contributed by atoms with Gasteiger partial charge in [0.2, 0.25) is 5.91 Å². The summed E-state index contributed by atoms with van der Waals surface area (Å²) in [5, 5.41) is 6.37. The maximum Gasteiger partial charge on any atom is 0.238 e. The summed E-state index contributed by atoms with van der Waals surface area (Å²) in [7, 11) is 1.62. The van der Waals surface area contributed by atoms with Gasteiger partial charge in [0.05, 0.1) is 13.7 Å². The third-order valence-electron chi connectivity index (χ3n) is 3.35. The van der Waals surface area contributed by atoms with Crippen LogP contribution in [-0.4, -0.2) is 49.6 Å². The van der Waals surface area contributed by atoms with Crippen LogP contribution in [0.3, 0.4) is 0 Å². The first-order chi connectivity index (χ1) is 9.56. The first-order valence-electron chi connectivity index (χ1n) is 6.99. The Kier molecular flexibility index (Phi) is 6.95. The van der Waals surface area contributed by atoms with Crippen molar-refractivity contribution in [1.82, 2.24) is 10.2 Å². The van der Waals surface area contributed by atoms with Crippen LogP contribution >= 0.6 is 12.4 Å². The molecule has 118 valence electrons. The number of amides is 1. The van der Waals surface area contributed by atoms with Gasteiger partial charge in [-0.05, 0) is 26.0 Å². The summed E-state index contributed by atoms with van der Waals surface area (Å²) in [6.07, 6.45) is 0. The highest BCUT2D eigenvalue weighted by Gasteiger charge is 2.22. The fraction of sp³-hybridized carbons (Fsp3) is 0.533. The summed E-state index contributed by atoms with van der Waals surface area (Å²) in [5.74, 6) is 0.756. The Hall–Kier alpha value is -1.30. The largest absolute Gasteiger partial charge is 0.497 e. The number of piperazine rings is 1. The predicted molar refractivity (Wildman–Crippen MR) is 87.4 cm³/mol. The SMILES string of the molecule is COc1cccc(NC(=O)CN2CC(C)NC(C)C2)c1.Cl. The second kappa shape index (κ2) is 8.22. The van der Waals surface area contributed by atoms with Gasteiger partial charge >= 0.3 is 0 Å². The lowest BCUT2D eigenvalue weighted by atomic mass is 10.1. The van der Waals surface area contributed by atoms with Crippen LogP contribution < -0.4 is 15.4 Å². The minimum absolute atomic E-state index is 0. The van der Waals surface area contributed by atoms with Gasteiger partial charge in [0.1, 0.15) is 5.75 Å². The number of carbonyl (C=O) groups is 1. The summed E-state index contributed by atoms with van der Waals surface area (Å²) in [6, 6.07) is 8.25. The maximum absolute atomic E-state index is 12.1.